The van der Waals surface area contributed by atoms with Crippen molar-refractivity contribution in [3.63, 3.8) is 0 Å². The molecule has 7 nitrogen and oxygen atoms in total. The number of anilines is 1. The van der Waals surface area contributed by atoms with Crippen molar-refractivity contribution < 1.29 is 9.90 Å². The van der Waals surface area contributed by atoms with Gasteiger partial charge in [-0.25, -0.2) is 9.78 Å². The summed E-state index contributed by atoms with van der Waals surface area (Å²) in [5, 5.41) is 13.0. The Balaban J connectivity index is 2.28. The Labute approximate surface area is 107 Å². The van der Waals surface area contributed by atoms with E-state index in [1.165, 1.54) is 10.7 Å². The number of nitrogens with zero attached hydrogens (tertiary/aromatic N) is 4. The van der Waals surface area contributed by atoms with E-state index in [1.807, 2.05) is 6.07 Å². The predicted molar refractivity (Wildman–Crippen MR) is 67.6 cm³/mol. The first-order chi connectivity index (χ1) is 9.16. The summed E-state index contributed by atoms with van der Waals surface area (Å²) in [6.45, 7) is 0. The van der Waals surface area contributed by atoms with Crippen LogP contribution in [0, 0.1) is 0 Å². The Kier molecular flexibility index (Phi) is 2.38. The summed E-state index contributed by atoms with van der Waals surface area (Å²) in [6, 6.07) is 5.22. The zero-order valence-corrected chi connectivity index (χ0v) is 9.69. The van der Waals surface area contributed by atoms with Gasteiger partial charge in [0.15, 0.2) is 5.65 Å². The van der Waals surface area contributed by atoms with Crippen molar-refractivity contribution in [1.29, 1.82) is 0 Å². The molecule has 0 aliphatic carbocycles. The third-order valence-electron chi connectivity index (χ3n) is 2.69. The lowest BCUT2D eigenvalue weighted by atomic mass is 10.2. The van der Waals surface area contributed by atoms with Crippen molar-refractivity contribution in [1.82, 2.24) is 19.6 Å². The third-order valence-corrected chi connectivity index (χ3v) is 2.69. The van der Waals surface area contributed by atoms with E-state index >= 15 is 0 Å². The zero-order valence-electron chi connectivity index (χ0n) is 9.69. The number of carboxylic acid groups (broad SMARTS) is 1. The van der Waals surface area contributed by atoms with E-state index in [-0.39, 0.29) is 11.2 Å². The maximum absolute atomic E-state index is 11.1. The van der Waals surface area contributed by atoms with Crippen LogP contribution < -0.4 is 5.73 Å². The summed E-state index contributed by atoms with van der Waals surface area (Å²) >= 11 is 0. The fraction of sp³-hybridized carbons (Fsp3) is 0. The fourth-order valence-corrected chi connectivity index (χ4v) is 1.80. The average molecular weight is 255 g/mol. The molecule has 0 atom stereocenters. The summed E-state index contributed by atoms with van der Waals surface area (Å²) in [5.41, 5.74) is 7.40. The quantitative estimate of drug-likeness (QED) is 0.709. The third kappa shape index (κ3) is 1.77. The van der Waals surface area contributed by atoms with Crippen LogP contribution in [0.3, 0.4) is 0 Å². The Bertz CT molecular complexity index is 766. The van der Waals surface area contributed by atoms with E-state index in [0.29, 0.717) is 11.5 Å². The monoisotopic (exact) mass is 255 g/mol. The van der Waals surface area contributed by atoms with Crippen LogP contribution in [-0.2, 0) is 0 Å². The first-order valence-corrected chi connectivity index (χ1v) is 5.45. The van der Waals surface area contributed by atoms with Crippen LogP contribution in [0.25, 0.3) is 16.9 Å². The van der Waals surface area contributed by atoms with Crippen molar-refractivity contribution in [3.8, 4) is 11.3 Å². The van der Waals surface area contributed by atoms with E-state index in [1.54, 1.807) is 24.5 Å². The molecule has 7 heteroatoms. The van der Waals surface area contributed by atoms with Gasteiger partial charge in [0.1, 0.15) is 11.4 Å². The minimum Gasteiger partial charge on any atom is -0.477 e. The fourth-order valence-electron chi connectivity index (χ4n) is 1.80. The number of aromatic nitrogens is 4. The van der Waals surface area contributed by atoms with Crippen LogP contribution in [-0.4, -0.2) is 30.7 Å². The smallest absolute Gasteiger partial charge is 0.341 e. The van der Waals surface area contributed by atoms with Crippen LogP contribution in [0.4, 0.5) is 5.82 Å². The highest BCUT2D eigenvalue weighted by molar-refractivity contribution is 5.94. The van der Waals surface area contributed by atoms with Crippen molar-refractivity contribution in [2.45, 2.75) is 0 Å². The summed E-state index contributed by atoms with van der Waals surface area (Å²) in [4.78, 5) is 19.4. The second-order valence-corrected chi connectivity index (χ2v) is 3.91. The molecule has 0 saturated heterocycles. The first-order valence-electron chi connectivity index (χ1n) is 5.45. The number of nitrogens with two attached hydrogens (primary N) is 1. The van der Waals surface area contributed by atoms with Crippen molar-refractivity contribution in [3.05, 3.63) is 42.4 Å². The Morgan fingerprint density at radius 2 is 2.21 bits per heavy atom. The second kappa shape index (κ2) is 4.05. The lowest BCUT2D eigenvalue weighted by Gasteiger charge is -2.04. The summed E-state index contributed by atoms with van der Waals surface area (Å²) in [7, 11) is 0. The standard InChI is InChI=1S/C12H9N5O2/c13-10-4-9(7-2-1-3-14-5-7)16-11-8(12(18)19)6-15-17(10)11/h1-6H,13H2,(H,18,19). The van der Waals surface area contributed by atoms with Gasteiger partial charge in [-0.2, -0.15) is 9.61 Å². The minimum atomic E-state index is -1.09. The Morgan fingerprint density at radius 1 is 1.37 bits per heavy atom. The van der Waals surface area contributed by atoms with Gasteiger partial charge in [-0.05, 0) is 12.1 Å². The maximum atomic E-state index is 11.1. The number of carbonyl (C=O) groups is 1. The van der Waals surface area contributed by atoms with Gasteiger partial charge in [0.05, 0.1) is 11.9 Å². The Morgan fingerprint density at radius 3 is 2.89 bits per heavy atom. The van der Waals surface area contributed by atoms with E-state index in [2.05, 4.69) is 15.1 Å². The van der Waals surface area contributed by atoms with Crippen LogP contribution in [0.2, 0.25) is 0 Å². The maximum Gasteiger partial charge on any atom is 0.341 e. The van der Waals surface area contributed by atoms with Crippen LogP contribution in [0.5, 0.6) is 0 Å². The van der Waals surface area contributed by atoms with Gasteiger partial charge >= 0.3 is 5.97 Å². The number of carboxylic acids is 1. The number of pyridine rings is 1. The highest BCUT2D eigenvalue weighted by Gasteiger charge is 2.15. The molecule has 94 valence electrons. The second-order valence-electron chi connectivity index (χ2n) is 3.91. The molecular weight excluding hydrogens is 246 g/mol. The van der Waals surface area contributed by atoms with Crippen molar-refractivity contribution in [2.75, 3.05) is 5.73 Å². The van der Waals surface area contributed by atoms with Gasteiger partial charge in [-0.3, -0.25) is 4.98 Å². The van der Waals surface area contributed by atoms with Gasteiger partial charge in [0, 0.05) is 24.0 Å². The molecule has 0 radical (unpaired) electrons. The molecule has 3 rings (SSSR count). The number of hydrogen-bond donors (Lipinski definition) is 2. The summed E-state index contributed by atoms with van der Waals surface area (Å²) in [6.07, 6.45) is 4.51. The topological polar surface area (TPSA) is 106 Å². The molecule has 0 aliphatic heterocycles. The molecule has 0 aromatic carbocycles. The molecular formula is C12H9N5O2. The minimum absolute atomic E-state index is 0.0115. The Hall–Kier alpha value is -2.96. The molecule has 3 heterocycles. The van der Waals surface area contributed by atoms with Crippen molar-refractivity contribution >= 4 is 17.4 Å². The van der Waals surface area contributed by atoms with E-state index in [9.17, 15) is 4.79 Å². The molecule has 19 heavy (non-hydrogen) atoms. The molecule has 0 bridgehead atoms. The lowest BCUT2D eigenvalue weighted by Crippen LogP contribution is -2.03. The molecule has 0 amide bonds. The molecule has 0 unspecified atom stereocenters. The highest BCUT2D eigenvalue weighted by atomic mass is 16.4. The largest absolute Gasteiger partial charge is 0.477 e. The first kappa shape index (κ1) is 11.1. The van der Waals surface area contributed by atoms with Gasteiger partial charge in [-0.1, -0.05) is 0 Å². The lowest BCUT2D eigenvalue weighted by molar-refractivity contribution is 0.0699. The van der Waals surface area contributed by atoms with Crippen molar-refractivity contribution in [2.24, 2.45) is 0 Å². The molecule has 3 aromatic rings. The normalized spacial score (nSPS) is 10.7. The van der Waals surface area contributed by atoms with E-state index in [0.717, 1.165) is 5.56 Å². The number of aromatic carboxylic acids is 1. The van der Waals surface area contributed by atoms with Gasteiger partial charge in [0.2, 0.25) is 0 Å². The van der Waals surface area contributed by atoms with Crippen LogP contribution >= 0.6 is 0 Å². The van der Waals surface area contributed by atoms with Gasteiger partial charge in [-0.15, -0.1) is 0 Å². The molecule has 0 saturated carbocycles. The van der Waals surface area contributed by atoms with Crippen LogP contribution in [0.1, 0.15) is 10.4 Å². The summed E-state index contributed by atoms with van der Waals surface area (Å²) < 4.78 is 1.29. The number of rotatable bonds is 2. The predicted octanol–water partition coefficient (Wildman–Crippen LogP) is 1.07. The van der Waals surface area contributed by atoms with E-state index in [4.69, 9.17) is 10.8 Å². The van der Waals surface area contributed by atoms with Gasteiger partial charge < -0.3 is 10.8 Å². The zero-order chi connectivity index (χ0) is 13.4. The number of hydrogen-bond acceptors (Lipinski definition) is 5. The molecule has 0 spiro atoms. The molecule has 3 aromatic heterocycles. The SMILES string of the molecule is Nc1cc(-c2cccnc2)nc2c(C(=O)O)cnn12. The highest BCUT2D eigenvalue weighted by Crippen LogP contribution is 2.21. The number of fused-ring (bicyclic) bond motifs is 1. The average Bonchev–Trinajstić information content (AvgIpc) is 2.84. The number of nitrogen functional groups attached to an aromatic ring is 1. The van der Waals surface area contributed by atoms with Crippen LogP contribution in [0.15, 0.2) is 36.8 Å². The molecule has 3 N–H and O–H groups in total. The van der Waals surface area contributed by atoms with E-state index < -0.39 is 5.97 Å². The molecule has 0 fully saturated rings. The molecule has 0 aliphatic rings. The summed E-state index contributed by atoms with van der Waals surface area (Å²) in [5.74, 6) is -0.776. The van der Waals surface area contributed by atoms with Gasteiger partial charge in [0.25, 0.3) is 0 Å².